The summed E-state index contributed by atoms with van der Waals surface area (Å²) in [7, 11) is 1.12. The maximum atomic E-state index is 13.5. The lowest BCUT2D eigenvalue weighted by atomic mass is 10.0. The van der Waals surface area contributed by atoms with Crippen molar-refractivity contribution in [2.75, 3.05) is 40.9 Å². The molecule has 0 spiro atoms. The van der Waals surface area contributed by atoms with Crippen LogP contribution in [0.3, 0.4) is 0 Å². The quantitative estimate of drug-likeness (QED) is 0.0212. The smallest absolute Gasteiger partial charge is 0.306 e. The van der Waals surface area contributed by atoms with Gasteiger partial charge in [0.1, 0.15) is 19.3 Å². The van der Waals surface area contributed by atoms with Crippen LogP contribution in [0.1, 0.15) is 220 Å². The minimum Gasteiger partial charge on any atom is -0.756 e. The minimum absolute atomic E-state index is 0.0415. The maximum absolute atomic E-state index is 13.5. The van der Waals surface area contributed by atoms with Gasteiger partial charge >= 0.3 is 5.97 Å². The third-order valence-electron chi connectivity index (χ3n) is 12.1. The Labute approximate surface area is 454 Å². The van der Waals surface area contributed by atoms with Crippen LogP contribution >= 0.6 is 7.82 Å². The molecule has 0 aromatic rings. The molecule has 422 valence electrons. The van der Waals surface area contributed by atoms with Crippen molar-refractivity contribution >= 4 is 19.7 Å². The summed E-state index contributed by atoms with van der Waals surface area (Å²) in [5.74, 6) is -0.628. The summed E-state index contributed by atoms with van der Waals surface area (Å²) in [6.07, 6.45) is 73.1. The summed E-state index contributed by atoms with van der Waals surface area (Å²) >= 11 is 0. The minimum atomic E-state index is -4.72. The predicted molar refractivity (Wildman–Crippen MR) is 316 cm³/mol. The van der Waals surface area contributed by atoms with Crippen LogP contribution in [0.15, 0.2) is 122 Å². The van der Waals surface area contributed by atoms with Gasteiger partial charge in [-0.3, -0.25) is 14.2 Å². The molecule has 0 bridgehead atoms. The summed E-state index contributed by atoms with van der Waals surface area (Å²) in [6, 6.07) is -0.929. The number of hydrogen-bond donors (Lipinski definition) is 1. The number of carbonyl (C=O) groups is 2. The zero-order valence-electron chi connectivity index (χ0n) is 48.0. The van der Waals surface area contributed by atoms with Gasteiger partial charge in [-0.05, 0) is 115 Å². The highest BCUT2D eigenvalue weighted by Gasteiger charge is 2.27. The van der Waals surface area contributed by atoms with E-state index in [-0.39, 0.29) is 31.3 Å². The van der Waals surface area contributed by atoms with Gasteiger partial charge in [0.25, 0.3) is 7.82 Å². The Bertz CT molecular complexity index is 1680. The highest BCUT2D eigenvalue weighted by molar-refractivity contribution is 7.45. The van der Waals surface area contributed by atoms with E-state index in [0.717, 1.165) is 116 Å². The standard InChI is InChI=1S/C64H109N2O7P/c1-7-10-13-16-19-22-25-28-30-31-32-33-34-35-36-38-41-44-47-50-53-56-63(67)65-61(60-72-74(69,70)71-59-58-66(4,5)6)62(55-52-49-46-43-40-37-27-24-21-18-15-12-9-3)73-64(68)57-54-51-48-45-42-39-29-26-23-20-17-14-11-8-2/h10-11,13-14,19-20,22-23,28-30,32-33,35-36,39,41,44,52,55,61-62H,7-9,12,15-18,21,24-27,31,34,37-38,40,42-43,45-51,53-54,56-60H2,1-6H3,(H-,65,67,69,70)/b13-10-,14-11+,22-19-,23-20+,30-28-,33-32-,36-35-,39-29+,44-41-,55-52-. The summed E-state index contributed by atoms with van der Waals surface area (Å²) in [5.41, 5.74) is 0. The number of carbonyl (C=O) groups excluding carboxylic acids is 2. The second-order valence-corrected chi connectivity index (χ2v) is 21.8. The van der Waals surface area contributed by atoms with Crippen molar-refractivity contribution in [3.8, 4) is 0 Å². The first kappa shape index (κ1) is 70.4. The lowest BCUT2D eigenvalue weighted by Gasteiger charge is -2.30. The molecule has 0 saturated carbocycles. The molecule has 0 fully saturated rings. The molecule has 0 aromatic heterocycles. The molecular formula is C64H109N2O7P. The van der Waals surface area contributed by atoms with Gasteiger partial charge in [-0.1, -0.05) is 213 Å². The predicted octanol–water partition coefficient (Wildman–Crippen LogP) is 17.3. The lowest BCUT2D eigenvalue weighted by molar-refractivity contribution is -0.870. The molecule has 0 aliphatic carbocycles. The Balaban J connectivity index is 5.45. The number of amides is 1. The van der Waals surface area contributed by atoms with Gasteiger partial charge in [0.05, 0.1) is 33.8 Å². The molecule has 0 rings (SSSR count). The van der Waals surface area contributed by atoms with Gasteiger partial charge in [0.2, 0.25) is 5.91 Å². The van der Waals surface area contributed by atoms with E-state index in [2.05, 4.69) is 135 Å². The number of likely N-dealkylation sites (N-methyl/N-ethyl adjacent to an activating group) is 1. The van der Waals surface area contributed by atoms with Crippen molar-refractivity contribution in [1.82, 2.24) is 5.32 Å². The first-order chi connectivity index (χ1) is 35.9. The van der Waals surface area contributed by atoms with Crippen molar-refractivity contribution in [3.63, 3.8) is 0 Å². The normalized spacial score (nSPS) is 14.6. The maximum Gasteiger partial charge on any atom is 0.306 e. The Kier molecular flexibility index (Phi) is 50.3. The number of unbranched alkanes of at least 4 members (excludes halogenated alkanes) is 17. The van der Waals surface area contributed by atoms with Crippen molar-refractivity contribution in [2.45, 2.75) is 232 Å². The van der Waals surface area contributed by atoms with Gasteiger partial charge < -0.3 is 28.5 Å². The number of esters is 1. The highest BCUT2D eigenvalue weighted by Crippen LogP contribution is 2.38. The van der Waals surface area contributed by atoms with Crippen molar-refractivity contribution in [2.24, 2.45) is 0 Å². The fourth-order valence-electron chi connectivity index (χ4n) is 7.65. The summed E-state index contributed by atoms with van der Waals surface area (Å²) in [4.78, 5) is 39.9. The van der Waals surface area contributed by atoms with Gasteiger partial charge in [-0.15, -0.1) is 0 Å². The molecule has 9 nitrogen and oxygen atoms in total. The van der Waals surface area contributed by atoms with Gasteiger partial charge in [-0.2, -0.15) is 0 Å². The fraction of sp³-hybridized carbons (Fsp3) is 0.656. The SMILES string of the molecule is CC/C=C\C/C=C\C/C=C\C/C=C\C/C=C\C/C=C\CCCCC(=O)NC(COP(=O)([O-])OCC[N+](C)(C)C)C(/C=C\CCCCCCCCCCCCC)OC(=O)CCCCCC/C=C/C/C=C/C/C=C/CC. The van der Waals surface area contributed by atoms with Gasteiger partial charge in [-0.25, -0.2) is 0 Å². The number of rotatable bonds is 51. The third-order valence-corrected chi connectivity index (χ3v) is 13.1. The summed E-state index contributed by atoms with van der Waals surface area (Å²) < 4.78 is 30.2. The molecule has 0 aromatic carbocycles. The van der Waals surface area contributed by atoms with E-state index in [1.54, 1.807) is 0 Å². The fourth-order valence-corrected chi connectivity index (χ4v) is 8.38. The number of allylic oxidation sites excluding steroid dienone is 19. The number of nitrogens with zero attached hydrogens (tertiary/aromatic N) is 1. The second kappa shape index (κ2) is 52.8. The number of phosphoric acid groups is 1. The molecule has 0 aliphatic heterocycles. The molecule has 0 radical (unpaired) electrons. The van der Waals surface area contributed by atoms with Gasteiger partial charge in [0, 0.05) is 12.8 Å². The zero-order valence-corrected chi connectivity index (χ0v) is 48.9. The highest BCUT2D eigenvalue weighted by atomic mass is 31.2. The van der Waals surface area contributed by atoms with Gasteiger partial charge in [0.15, 0.2) is 0 Å². The molecule has 0 heterocycles. The molecule has 3 unspecified atom stereocenters. The average Bonchev–Trinajstić information content (AvgIpc) is 3.36. The first-order valence-corrected chi connectivity index (χ1v) is 30.8. The first-order valence-electron chi connectivity index (χ1n) is 29.3. The second-order valence-electron chi connectivity index (χ2n) is 20.4. The van der Waals surface area contributed by atoms with Crippen LogP contribution in [0.5, 0.6) is 0 Å². The Hall–Kier alpha value is -3.59. The summed E-state index contributed by atoms with van der Waals surface area (Å²) in [6.45, 7) is 6.54. The molecule has 1 N–H and O–H groups in total. The van der Waals surface area contributed by atoms with Crippen LogP contribution in [0.4, 0.5) is 0 Å². The van der Waals surface area contributed by atoms with Crippen LogP contribution in [0.25, 0.3) is 0 Å². The molecule has 74 heavy (non-hydrogen) atoms. The molecule has 10 heteroatoms. The molecular weight excluding hydrogens is 940 g/mol. The zero-order chi connectivity index (χ0) is 54.3. The Morgan fingerprint density at radius 1 is 0.486 bits per heavy atom. The lowest BCUT2D eigenvalue weighted by Crippen LogP contribution is -2.47. The van der Waals surface area contributed by atoms with Crippen molar-refractivity contribution < 1.29 is 37.3 Å². The van der Waals surface area contributed by atoms with Crippen LogP contribution < -0.4 is 10.2 Å². The molecule has 0 aliphatic rings. The van der Waals surface area contributed by atoms with E-state index in [1.807, 2.05) is 33.3 Å². The number of quaternary nitrogens is 1. The summed E-state index contributed by atoms with van der Waals surface area (Å²) in [5, 5.41) is 2.99. The van der Waals surface area contributed by atoms with E-state index in [0.29, 0.717) is 23.9 Å². The van der Waals surface area contributed by atoms with Crippen molar-refractivity contribution in [3.05, 3.63) is 122 Å². The topological polar surface area (TPSA) is 114 Å². The number of hydrogen-bond acceptors (Lipinski definition) is 7. The van der Waals surface area contributed by atoms with E-state index in [4.69, 9.17) is 13.8 Å². The van der Waals surface area contributed by atoms with Crippen LogP contribution in [0.2, 0.25) is 0 Å². The monoisotopic (exact) mass is 1050 g/mol. The Morgan fingerprint density at radius 2 is 0.865 bits per heavy atom. The molecule has 0 saturated heterocycles. The number of nitrogens with one attached hydrogen (secondary N) is 1. The van der Waals surface area contributed by atoms with E-state index < -0.39 is 26.6 Å². The average molecular weight is 1050 g/mol. The Morgan fingerprint density at radius 3 is 1.31 bits per heavy atom. The van der Waals surface area contributed by atoms with Crippen LogP contribution in [-0.4, -0.2) is 69.4 Å². The van der Waals surface area contributed by atoms with Crippen LogP contribution in [-0.2, 0) is 27.9 Å². The van der Waals surface area contributed by atoms with E-state index in [1.165, 1.54) is 57.8 Å². The largest absolute Gasteiger partial charge is 0.756 e. The van der Waals surface area contributed by atoms with E-state index in [9.17, 15) is 19.0 Å². The van der Waals surface area contributed by atoms with Crippen molar-refractivity contribution in [1.29, 1.82) is 0 Å². The number of phosphoric ester groups is 1. The van der Waals surface area contributed by atoms with E-state index >= 15 is 0 Å². The number of ether oxygens (including phenoxy) is 1. The molecule has 1 amide bonds. The molecule has 3 atom stereocenters. The third kappa shape index (κ3) is 53.2. The van der Waals surface area contributed by atoms with Crippen LogP contribution in [0, 0.1) is 0 Å².